The third kappa shape index (κ3) is 14.7. The van der Waals surface area contributed by atoms with Crippen molar-refractivity contribution in [3.8, 4) is 11.5 Å². The van der Waals surface area contributed by atoms with Gasteiger partial charge in [0.2, 0.25) is 0 Å². The Labute approximate surface area is 298 Å². The van der Waals surface area contributed by atoms with Gasteiger partial charge >= 0.3 is 11.9 Å². The molecule has 0 aliphatic heterocycles. The van der Waals surface area contributed by atoms with Gasteiger partial charge in [-0.25, -0.2) is 0 Å². The second-order valence-electron chi connectivity index (χ2n) is 12.7. The predicted molar refractivity (Wildman–Crippen MR) is 197 cm³/mol. The highest BCUT2D eigenvalue weighted by Gasteiger charge is 2.21. The monoisotopic (exact) mass is 700 g/mol. The van der Waals surface area contributed by atoms with Crippen LogP contribution in [0.2, 0.25) is 5.02 Å². The molecule has 3 rings (SSSR count). The van der Waals surface area contributed by atoms with Gasteiger partial charge in [-0.05, 0) is 31.0 Å². The van der Waals surface area contributed by atoms with E-state index in [1.54, 1.807) is 6.07 Å². The van der Waals surface area contributed by atoms with Gasteiger partial charge in [0.25, 0.3) is 0 Å². The minimum Gasteiger partial charge on any atom is -0.488 e. The first-order chi connectivity index (χ1) is 23.8. The summed E-state index contributed by atoms with van der Waals surface area (Å²) in [5.41, 5.74) is 0. The minimum absolute atomic E-state index is 0.104. The third-order valence-electron chi connectivity index (χ3n) is 8.27. The van der Waals surface area contributed by atoms with Gasteiger partial charge in [0.05, 0.1) is 13.2 Å². The second kappa shape index (κ2) is 23.4. The Balaban J connectivity index is 1.74. The molecule has 3 aromatic carbocycles. The highest BCUT2D eigenvalue weighted by atomic mass is 35.5. The van der Waals surface area contributed by atoms with Crippen LogP contribution >= 0.6 is 11.6 Å². The summed E-state index contributed by atoms with van der Waals surface area (Å²) in [5.74, 6) is 0.450. The Morgan fingerprint density at radius 1 is 0.571 bits per heavy atom. The third-order valence-corrected chi connectivity index (χ3v) is 8.51. The van der Waals surface area contributed by atoms with Crippen LogP contribution in [0.25, 0.3) is 21.5 Å². The van der Waals surface area contributed by atoms with Crippen molar-refractivity contribution in [2.75, 3.05) is 39.6 Å². The molecular formula is C40H57ClO8. The number of hydrogen-bond acceptors (Lipinski definition) is 8. The Kier molecular flexibility index (Phi) is 19.2. The van der Waals surface area contributed by atoms with Crippen molar-refractivity contribution in [1.82, 2.24) is 0 Å². The molecule has 3 aromatic rings. The van der Waals surface area contributed by atoms with E-state index >= 15 is 0 Å². The van der Waals surface area contributed by atoms with Crippen LogP contribution in [0.15, 0.2) is 42.5 Å². The zero-order chi connectivity index (χ0) is 35.3. The highest BCUT2D eigenvalue weighted by molar-refractivity contribution is 6.31. The van der Waals surface area contributed by atoms with Gasteiger partial charge < -0.3 is 28.4 Å². The topological polar surface area (TPSA) is 89.5 Å². The largest absolute Gasteiger partial charge is 0.488 e. The molecule has 0 aliphatic carbocycles. The maximum absolute atomic E-state index is 11.9. The molecule has 9 heteroatoms. The second-order valence-corrected chi connectivity index (χ2v) is 13.1. The van der Waals surface area contributed by atoms with E-state index in [2.05, 4.69) is 13.8 Å². The van der Waals surface area contributed by atoms with Gasteiger partial charge in [-0.15, -0.1) is 0 Å². The number of ether oxygens (including phenoxy) is 6. The van der Waals surface area contributed by atoms with Gasteiger partial charge in [-0.3, -0.25) is 9.59 Å². The quantitative estimate of drug-likeness (QED) is 0.0464. The van der Waals surface area contributed by atoms with Crippen molar-refractivity contribution in [2.45, 2.75) is 117 Å². The summed E-state index contributed by atoms with van der Waals surface area (Å²) >= 11 is 6.51. The first-order valence-electron chi connectivity index (χ1n) is 18.2. The maximum Gasteiger partial charge on any atom is 0.303 e. The minimum atomic E-state index is -0.581. The zero-order valence-corrected chi connectivity index (χ0v) is 30.8. The van der Waals surface area contributed by atoms with Crippen LogP contribution in [0.3, 0.4) is 0 Å². The normalized spacial score (nSPS) is 12.6. The molecule has 2 atom stereocenters. The molecule has 272 valence electrons. The summed E-state index contributed by atoms with van der Waals surface area (Å²) in [7, 11) is 0. The van der Waals surface area contributed by atoms with Crippen LogP contribution in [0.4, 0.5) is 0 Å². The van der Waals surface area contributed by atoms with E-state index in [9.17, 15) is 9.59 Å². The summed E-state index contributed by atoms with van der Waals surface area (Å²) in [6.07, 6.45) is 12.9. The van der Waals surface area contributed by atoms with Gasteiger partial charge in [-0.2, -0.15) is 0 Å². The van der Waals surface area contributed by atoms with E-state index in [4.69, 9.17) is 40.0 Å². The van der Waals surface area contributed by atoms with E-state index < -0.39 is 18.2 Å². The van der Waals surface area contributed by atoms with Crippen molar-refractivity contribution in [3.05, 3.63) is 47.5 Å². The number of rotatable bonds is 26. The molecule has 0 spiro atoms. The standard InChI is InChI=1S/C40H57ClO8/c1-5-7-9-11-13-17-23-44-26-33(48-30(3)42)28-46-39-35-19-15-16-20-36(35)40(38-25-32(41)21-22-37(38)39)47-29-34(49-31(4)43)27-45-24-18-14-12-10-8-6-2/h15-16,19-22,25,33-34H,5-14,17-18,23-24,26-29H2,1-4H3. The van der Waals surface area contributed by atoms with E-state index in [0.717, 1.165) is 47.2 Å². The summed E-state index contributed by atoms with van der Waals surface area (Å²) in [4.78, 5) is 23.9. The van der Waals surface area contributed by atoms with Crippen molar-refractivity contribution >= 4 is 45.1 Å². The number of esters is 2. The Morgan fingerprint density at radius 2 is 1.00 bits per heavy atom. The lowest BCUT2D eigenvalue weighted by Crippen LogP contribution is -2.29. The Hall–Kier alpha value is -3.07. The SMILES string of the molecule is CCCCCCCCOCC(COc1c2ccccc2c(OCC(COCCCCCCCC)OC(C)=O)c2cc(Cl)ccc12)OC(C)=O. The number of halogens is 1. The molecule has 2 unspecified atom stereocenters. The van der Waals surface area contributed by atoms with E-state index in [0.29, 0.717) is 29.7 Å². The smallest absolute Gasteiger partial charge is 0.303 e. The Morgan fingerprint density at radius 3 is 1.47 bits per heavy atom. The Bertz CT molecular complexity index is 1410. The van der Waals surface area contributed by atoms with Crippen LogP contribution in [-0.4, -0.2) is 63.8 Å². The van der Waals surface area contributed by atoms with Crippen molar-refractivity contribution in [1.29, 1.82) is 0 Å². The van der Waals surface area contributed by atoms with E-state index in [-0.39, 0.29) is 32.4 Å². The molecule has 0 heterocycles. The summed E-state index contributed by atoms with van der Waals surface area (Å²) < 4.78 is 35.9. The fourth-order valence-electron chi connectivity index (χ4n) is 5.84. The molecule has 49 heavy (non-hydrogen) atoms. The van der Waals surface area contributed by atoms with Gasteiger partial charge in [0, 0.05) is 53.6 Å². The van der Waals surface area contributed by atoms with Gasteiger partial charge in [0.1, 0.15) is 24.7 Å². The van der Waals surface area contributed by atoms with Crippen LogP contribution in [0, 0.1) is 0 Å². The number of carbonyl (C=O) groups excluding carboxylic acids is 2. The average molecular weight is 701 g/mol. The summed E-state index contributed by atoms with van der Waals surface area (Å²) in [6, 6.07) is 13.3. The molecule has 8 nitrogen and oxygen atoms in total. The van der Waals surface area contributed by atoms with Crippen LogP contribution in [-0.2, 0) is 28.5 Å². The predicted octanol–water partition coefficient (Wildman–Crippen LogP) is 10.0. The van der Waals surface area contributed by atoms with Crippen LogP contribution < -0.4 is 9.47 Å². The van der Waals surface area contributed by atoms with Crippen molar-refractivity contribution < 1.29 is 38.0 Å². The lowest BCUT2D eigenvalue weighted by atomic mass is 10.0. The number of carbonyl (C=O) groups is 2. The van der Waals surface area contributed by atoms with Gasteiger partial charge in [0.15, 0.2) is 12.2 Å². The lowest BCUT2D eigenvalue weighted by molar-refractivity contribution is -0.152. The van der Waals surface area contributed by atoms with Crippen molar-refractivity contribution in [2.24, 2.45) is 0 Å². The van der Waals surface area contributed by atoms with E-state index in [1.807, 2.05) is 36.4 Å². The zero-order valence-electron chi connectivity index (χ0n) is 30.1. The van der Waals surface area contributed by atoms with E-state index in [1.165, 1.54) is 65.2 Å². The fraction of sp³-hybridized carbons (Fsp3) is 0.600. The van der Waals surface area contributed by atoms with Crippen LogP contribution in [0.5, 0.6) is 11.5 Å². The molecule has 0 aliphatic rings. The average Bonchev–Trinajstić information content (AvgIpc) is 3.07. The molecule has 0 aromatic heterocycles. The van der Waals surface area contributed by atoms with Crippen LogP contribution in [0.1, 0.15) is 105 Å². The first-order valence-corrected chi connectivity index (χ1v) is 18.6. The molecule has 0 bridgehead atoms. The highest BCUT2D eigenvalue weighted by Crippen LogP contribution is 2.43. The molecule has 0 saturated heterocycles. The maximum atomic E-state index is 11.9. The molecule has 0 amide bonds. The molecular weight excluding hydrogens is 644 g/mol. The lowest BCUT2D eigenvalue weighted by Gasteiger charge is -2.22. The van der Waals surface area contributed by atoms with Crippen molar-refractivity contribution in [3.63, 3.8) is 0 Å². The number of unbranched alkanes of at least 4 members (excludes halogenated alkanes) is 10. The molecule has 0 N–H and O–H groups in total. The number of benzene rings is 3. The van der Waals surface area contributed by atoms with Gasteiger partial charge in [-0.1, -0.05) is 114 Å². The molecule has 0 radical (unpaired) electrons. The first kappa shape index (κ1) is 40.4. The molecule has 0 saturated carbocycles. The molecule has 0 fully saturated rings. The summed E-state index contributed by atoms with van der Waals surface area (Å²) in [6.45, 7) is 9.12. The fourth-order valence-corrected chi connectivity index (χ4v) is 6.01. The summed E-state index contributed by atoms with van der Waals surface area (Å²) in [5, 5.41) is 3.71. The number of hydrogen-bond donors (Lipinski definition) is 0. The number of fused-ring (bicyclic) bond motifs is 2.